The lowest BCUT2D eigenvalue weighted by molar-refractivity contribution is 0.0687. The number of aryl methyl sites for hydroxylation is 1. The van der Waals surface area contributed by atoms with E-state index in [4.69, 9.17) is 9.84 Å². The quantitative estimate of drug-likeness (QED) is 0.786. The first-order chi connectivity index (χ1) is 7.15. The number of fused-ring (bicyclic) bond motifs is 1. The lowest BCUT2D eigenvalue weighted by Crippen LogP contribution is -2.06. The van der Waals surface area contributed by atoms with Gasteiger partial charge in [-0.15, -0.1) is 0 Å². The maximum absolute atomic E-state index is 11.0. The van der Waals surface area contributed by atoms with Crippen molar-refractivity contribution in [2.45, 2.75) is 6.92 Å². The summed E-state index contributed by atoms with van der Waals surface area (Å²) >= 11 is 0. The number of hydrogen-bond acceptors (Lipinski definition) is 4. The van der Waals surface area contributed by atoms with Gasteiger partial charge in [-0.05, 0) is 6.92 Å². The predicted molar refractivity (Wildman–Crippen MR) is 51.2 cm³/mol. The first-order valence-electron chi connectivity index (χ1n) is 4.26. The Bertz CT molecular complexity index is 533. The summed E-state index contributed by atoms with van der Waals surface area (Å²) in [6.07, 6.45) is 1.52. The van der Waals surface area contributed by atoms with Gasteiger partial charge in [-0.1, -0.05) is 0 Å². The third kappa shape index (κ3) is 1.30. The minimum atomic E-state index is -1.05. The molecule has 0 aliphatic heterocycles. The first kappa shape index (κ1) is 9.45. The molecule has 2 aromatic rings. The van der Waals surface area contributed by atoms with Crippen molar-refractivity contribution < 1.29 is 14.6 Å². The molecule has 0 unspecified atom stereocenters. The number of imidazole rings is 1. The number of carboxylic acid groups (broad SMARTS) is 1. The Morgan fingerprint density at radius 3 is 2.93 bits per heavy atom. The largest absolute Gasteiger partial charge is 0.482 e. The zero-order valence-corrected chi connectivity index (χ0v) is 8.26. The smallest absolute Gasteiger partial charge is 0.354 e. The van der Waals surface area contributed by atoms with Crippen LogP contribution in [0.15, 0.2) is 12.3 Å². The topological polar surface area (TPSA) is 76.7 Å². The summed E-state index contributed by atoms with van der Waals surface area (Å²) in [4.78, 5) is 19.0. The molecule has 15 heavy (non-hydrogen) atoms. The molecule has 0 aliphatic rings. The van der Waals surface area contributed by atoms with Crippen LogP contribution in [0.25, 0.3) is 5.78 Å². The molecule has 0 spiro atoms. The van der Waals surface area contributed by atoms with E-state index in [0.717, 1.165) is 0 Å². The van der Waals surface area contributed by atoms with Crippen LogP contribution in [0.5, 0.6) is 5.88 Å². The molecule has 0 atom stereocenters. The fourth-order valence-electron chi connectivity index (χ4n) is 1.46. The first-order valence-corrected chi connectivity index (χ1v) is 4.26. The molecule has 6 nitrogen and oxygen atoms in total. The van der Waals surface area contributed by atoms with Crippen LogP contribution >= 0.6 is 0 Å². The summed E-state index contributed by atoms with van der Waals surface area (Å²) in [6.45, 7) is 1.62. The van der Waals surface area contributed by atoms with Gasteiger partial charge in [0.25, 0.3) is 0 Å². The van der Waals surface area contributed by atoms with Crippen molar-refractivity contribution >= 4 is 11.7 Å². The second-order valence-electron chi connectivity index (χ2n) is 2.97. The van der Waals surface area contributed by atoms with E-state index >= 15 is 0 Å². The summed E-state index contributed by atoms with van der Waals surface area (Å²) in [5.41, 5.74) is 0.495. The lowest BCUT2D eigenvalue weighted by Gasteiger charge is -2.03. The highest BCUT2D eigenvalue weighted by Gasteiger charge is 2.18. The van der Waals surface area contributed by atoms with Gasteiger partial charge in [-0.2, -0.15) is 0 Å². The molecule has 0 radical (unpaired) electrons. The van der Waals surface area contributed by atoms with Gasteiger partial charge in [0.15, 0.2) is 5.69 Å². The Labute approximate surface area is 85.2 Å². The molecule has 0 amide bonds. The fraction of sp³-hybridized carbons (Fsp3) is 0.222. The van der Waals surface area contributed by atoms with Crippen molar-refractivity contribution in [2.75, 3.05) is 7.11 Å². The Kier molecular flexibility index (Phi) is 2.03. The minimum absolute atomic E-state index is 0.0787. The van der Waals surface area contributed by atoms with Gasteiger partial charge < -0.3 is 9.84 Å². The number of hydrogen-bond donors (Lipinski definition) is 1. The van der Waals surface area contributed by atoms with Gasteiger partial charge in [-0.3, -0.25) is 0 Å². The molecule has 0 aromatic carbocycles. The van der Waals surface area contributed by atoms with E-state index in [9.17, 15) is 4.79 Å². The van der Waals surface area contributed by atoms with E-state index in [0.29, 0.717) is 17.4 Å². The summed E-state index contributed by atoms with van der Waals surface area (Å²) in [7, 11) is 1.47. The number of nitrogens with zero attached hydrogens (tertiary/aromatic N) is 3. The third-order valence-corrected chi connectivity index (χ3v) is 2.07. The average molecular weight is 207 g/mol. The predicted octanol–water partition coefficient (Wildman–Crippen LogP) is 0.745. The molecule has 0 saturated carbocycles. The van der Waals surface area contributed by atoms with E-state index < -0.39 is 5.97 Å². The highest BCUT2D eigenvalue weighted by atomic mass is 16.5. The Morgan fingerprint density at radius 2 is 2.33 bits per heavy atom. The van der Waals surface area contributed by atoms with Crippen LogP contribution in [0.1, 0.15) is 16.2 Å². The van der Waals surface area contributed by atoms with E-state index in [1.54, 1.807) is 13.0 Å². The summed E-state index contributed by atoms with van der Waals surface area (Å²) in [5, 5.41) is 9.03. The van der Waals surface area contributed by atoms with Crippen molar-refractivity contribution in [1.29, 1.82) is 0 Å². The average Bonchev–Trinajstić information content (AvgIpc) is 2.53. The molecule has 1 N–H and O–H groups in total. The van der Waals surface area contributed by atoms with Crippen molar-refractivity contribution in [1.82, 2.24) is 14.4 Å². The van der Waals surface area contributed by atoms with Crippen LogP contribution in [0.2, 0.25) is 0 Å². The number of methoxy groups -OCH3 is 1. The molecule has 6 heteroatoms. The highest BCUT2D eigenvalue weighted by Crippen LogP contribution is 2.17. The van der Waals surface area contributed by atoms with Crippen LogP contribution in [-0.2, 0) is 0 Å². The molecule has 2 heterocycles. The molecule has 2 aromatic heterocycles. The second-order valence-corrected chi connectivity index (χ2v) is 2.97. The number of carbonyl (C=O) groups is 1. The van der Waals surface area contributed by atoms with Crippen molar-refractivity contribution in [2.24, 2.45) is 0 Å². The standard InChI is InChI=1S/C9H9N3O3/c1-5-7(8(13)14)12-6(15-2)3-4-10-9(12)11-5/h3-4H,1-2H3,(H,13,14). The molecule has 0 aliphatic carbocycles. The van der Waals surface area contributed by atoms with E-state index in [-0.39, 0.29) is 5.69 Å². The Morgan fingerprint density at radius 1 is 1.60 bits per heavy atom. The summed E-state index contributed by atoms with van der Waals surface area (Å²) in [6, 6.07) is 1.58. The van der Waals surface area contributed by atoms with Crippen LogP contribution < -0.4 is 4.74 Å². The lowest BCUT2D eigenvalue weighted by atomic mass is 10.3. The van der Waals surface area contributed by atoms with Crippen LogP contribution in [0.4, 0.5) is 0 Å². The molecular weight excluding hydrogens is 198 g/mol. The number of carboxylic acids is 1. The van der Waals surface area contributed by atoms with Gasteiger partial charge in [0.05, 0.1) is 12.8 Å². The zero-order chi connectivity index (χ0) is 11.0. The van der Waals surface area contributed by atoms with Gasteiger partial charge in [-0.25, -0.2) is 19.2 Å². The maximum atomic E-state index is 11.0. The second kappa shape index (κ2) is 3.23. The minimum Gasteiger partial charge on any atom is -0.482 e. The van der Waals surface area contributed by atoms with E-state index in [2.05, 4.69) is 9.97 Å². The van der Waals surface area contributed by atoms with E-state index in [1.165, 1.54) is 17.7 Å². The van der Waals surface area contributed by atoms with Crippen molar-refractivity contribution in [3.63, 3.8) is 0 Å². The molecule has 0 bridgehead atoms. The molecule has 2 rings (SSSR count). The van der Waals surface area contributed by atoms with Gasteiger partial charge in [0.2, 0.25) is 11.7 Å². The Hall–Kier alpha value is -2.11. The molecular formula is C9H9N3O3. The summed E-state index contributed by atoms with van der Waals surface area (Å²) in [5.74, 6) is -0.325. The number of rotatable bonds is 2. The number of aromatic nitrogens is 3. The van der Waals surface area contributed by atoms with E-state index in [1.807, 2.05) is 0 Å². The fourth-order valence-corrected chi connectivity index (χ4v) is 1.46. The molecule has 78 valence electrons. The van der Waals surface area contributed by atoms with Crippen LogP contribution in [-0.4, -0.2) is 32.6 Å². The van der Waals surface area contributed by atoms with Gasteiger partial charge in [0, 0.05) is 12.3 Å². The van der Waals surface area contributed by atoms with Crippen molar-refractivity contribution in [3.8, 4) is 5.88 Å². The van der Waals surface area contributed by atoms with Gasteiger partial charge >= 0.3 is 5.97 Å². The van der Waals surface area contributed by atoms with Crippen molar-refractivity contribution in [3.05, 3.63) is 23.7 Å². The SMILES string of the molecule is COc1ccnc2nc(C)c(C(=O)O)n12. The summed E-state index contributed by atoms with van der Waals surface area (Å²) < 4.78 is 6.42. The molecule has 0 fully saturated rings. The Balaban J connectivity index is 2.88. The highest BCUT2D eigenvalue weighted by molar-refractivity contribution is 5.88. The molecule has 0 saturated heterocycles. The maximum Gasteiger partial charge on any atom is 0.354 e. The third-order valence-electron chi connectivity index (χ3n) is 2.07. The van der Waals surface area contributed by atoms with Gasteiger partial charge in [0.1, 0.15) is 0 Å². The monoisotopic (exact) mass is 207 g/mol. The van der Waals surface area contributed by atoms with Crippen LogP contribution in [0, 0.1) is 6.92 Å². The zero-order valence-electron chi connectivity index (χ0n) is 8.26. The number of aromatic carboxylic acids is 1. The normalized spacial score (nSPS) is 10.5. The number of ether oxygens (including phenoxy) is 1. The van der Waals surface area contributed by atoms with Crippen LogP contribution in [0.3, 0.4) is 0 Å².